The Balaban J connectivity index is 1.49. The van der Waals surface area contributed by atoms with E-state index in [1.54, 1.807) is 7.05 Å². The lowest BCUT2D eigenvalue weighted by atomic mass is 10.0. The standard InChI is InChI=1S/C18H26FN3O3/c1-20-18(22-10-13-3-6-23-7-4-13)21-5-2-14-8-16(19)9-15-11-24-12-25-17(14)15/h8-9,13H,2-7,10-12H2,1H3,(H2,20,21,22). The third-order valence-electron chi connectivity index (χ3n) is 4.56. The molecule has 0 unspecified atom stereocenters. The molecule has 2 heterocycles. The molecule has 0 atom stereocenters. The number of guanidine groups is 1. The fourth-order valence-electron chi connectivity index (χ4n) is 3.17. The summed E-state index contributed by atoms with van der Waals surface area (Å²) >= 11 is 0. The van der Waals surface area contributed by atoms with Gasteiger partial charge in [-0.1, -0.05) is 0 Å². The van der Waals surface area contributed by atoms with E-state index < -0.39 is 0 Å². The van der Waals surface area contributed by atoms with Crippen molar-refractivity contribution in [2.24, 2.45) is 10.9 Å². The predicted molar refractivity (Wildman–Crippen MR) is 93.3 cm³/mol. The molecule has 0 radical (unpaired) electrons. The molecule has 25 heavy (non-hydrogen) atoms. The summed E-state index contributed by atoms with van der Waals surface area (Å²) < 4.78 is 29.9. The Bertz CT molecular complexity index is 603. The zero-order valence-electron chi connectivity index (χ0n) is 14.6. The highest BCUT2D eigenvalue weighted by Gasteiger charge is 2.17. The number of rotatable bonds is 5. The summed E-state index contributed by atoms with van der Waals surface area (Å²) in [5.74, 6) is 1.88. The molecule has 1 saturated heterocycles. The van der Waals surface area contributed by atoms with E-state index in [2.05, 4.69) is 15.6 Å². The number of nitrogens with one attached hydrogen (secondary N) is 2. The molecule has 0 bridgehead atoms. The van der Waals surface area contributed by atoms with Gasteiger partial charge in [-0.3, -0.25) is 4.99 Å². The van der Waals surface area contributed by atoms with Crippen molar-refractivity contribution in [2.45, 2.75) is 25.9 Å². The quantitative estimate of drug-likeness (QED) is 0.626. The van der Waals surface area contributed by atoms with Gasteiger partial charge in [0.25, 0.3) is 0 Å². The molecule has 0 spiro atoms. The van der Waals surface area contributed by atoms with E-state index in [1.807, 2.05) is 0 Å². The molecule has 7 heteroatoms. The summed E-state index contributed by atoms with van der Waals surface area (Å²) in [6.07, 6.45) is 2.82. The minimum atomic E-state index is -0.259. The summed E-state index contributed by atoms with van der Waals surface area (Å²) in [6, 6.07) is 3.00. The summed E-state index contributed by atoms with van der Waals surface area (Å²) in [5, 5.41) is 6.64. The average Bonchev–Trinajstić information content (AvgIpc) is 2.65. The first-order valence-corrected chi connectivity index (χ1v) is 8.80. The van der Waals surface area contributed by atoms with Crippen LogP contribution in [0.3, 0.4) is 0 Å². The molecule has 6 nitrogen and oxygen atoms in total. The first-order chi connectivity index (χ1) is 12.3. The number of hydrogen-bond donors (Lipinski definition) is 2. The smallest absolute Gasteiger partial charge is 0.190 e. The molecule has 0 amide bonds. The molecule has 2 aliphatic rings. The molecular weight excluding hydrogens is 325 g/mol. The van der Waals surface area contributed by atoms with Gasteiger partial charge in [0.05, 0.1) is 6.61 Å². The van der Waals surface area contributed by atoms with Crippen molar-refractivity contribution in [1.82, 2.24) is 10.6 Å². The average molecular weight is 351 g/mol. The predicted octanol–water partition coefficient (Wildman–Crippen LogP) is 1.83. The largest absolute Gasteiger partial charge is 0.467 e. The Morgan fingerprint density at radius 1 is 1.24 bits per heavy atom. The van der Waals surface area contributed by atoms with Crippen LogP contribution in [0.1, 0.15) is 24.0 Å². The number of aliphatic imine (C=N–C) groups is 1. The van der Waals surface area contributed by atoms with Crippen molar-refractivity contribution in [2.75, 3.05) is 40.1 Å². The van der Waals surface area contributed by atoms with Crippen molar-refractivity contribution >= 4 is 5.96 Å². The Morgan fingerprint density at radius 3 is 2.88 bits per heavy atom. The van der Waals surface area contributed by atoms with Gasteiger partial charge in [-0.25, -0.2) is 4.39 Å². The summed E-state index contributed by atoms with van der Waals surface area (Å²) in [4.78, 5) is 4.25. The minimum Gasteiger partial charge on any atom is -0.467 e. The molecule has 1 aromatic carbocycles. The van der Waals surface area contributed by atoms with Gasteiger partial charge in [0.15, 0.2) is 12.8 Å². The normalized spacial score (nSPS) is 18.4. The maximum absolute atomic E-state index is 13.8. The fourth-order valence-corrected chi connectivity index (χ4v) is 3.17. The Morgan fingerprint density at radius 2 is 2.08 bits per heavy atom. The molecular formula is C18H26FN3O3. The summed E-state index contributed by atoms with van der Waals surface area (Å²) in [6.45, 7) is 3.82. The van der Waals surface area contributed by atoms with Crippen LogP contribution in [-0.2, 0) is 22.5 Å². The molecule has 1 aromatic rings. The van der Waals surface area contributed by atoms with Crippen LogP contribution < -0.4 is 15.4 Å². The van der Waals surface area contributed by atoms with E-state index >= 15 is 0 Å². The van der Waals surface area contributed by atoms with Gasteiger partial charge in [-0.15, -0.1) is 0 Å². The van der Waals surface area contributed by atoms with E-state index in [9.17, 15) is 4.39 Å². The molecule has 0 saturated carbocycles. The fraction of sp³-hybridized carbons (Fsp3) is 0.611. The van der Waals surface area contributed by atoms with Crippen LogP contribution in [0.5, 0.6) is 5.75 Å². The van der Waals surface area contributed by atoms with Gasteiger partial charge in [-0.2, -0.15) is 0 Å². The van der Waals surface area contributed by atoms with Crippen LogP contribution >= 0.6 is 0 Å². The number of nitrogens with zero attached hydrogens (tertiary/aromatic N) is 1. The molecule has 0 aromatic heterocycles. The number of benzene rings is 1. The number of halogens is 1. The Labute approximate surface area is 147 Å². The van der Waals surface area contributed by atoms with Crippen molar-refractivity contribution < 1.29 is 18.6 Å². The van der Waals surface area contributed by atoms with Gasteiger partial charge < -0.3 is 24.8 Å². The Kier molecular flexibility index (Phi) is 6.47. The SMILES string of the molecule is CN=C(NCCc1cc(F)cc2c1OCOC2)NCC1CCOCC1. The lowest BCUT2D eigenvalue weighted by Gasteiger charge is -2.23. The molecule has 0 aliphatic carbocycles. The second-order valence-electron chi connectivity index (χ2n) is 6.35. The van der Waals surface area contributed by atoms with E-state index in [0.717, 1.165) is 55.4 Å². The lowest BCUT2D eigenvalue weighted by molar-refractivity contribution is -0.0172. The van der Waals surface area contributed by atoms with E-state index in [1.165, 1.54) is 12.1 Å². The third kappa shape index (κ3) is 5.06. The summed E-state index contributed by atoms with van der Waals surface area (Å²) in [7, 11) is 1.75. The van der Waals surface area contributed by atoms with Crippen molar-refractivity contribution in [3.8, 4) is 5.75 Å². The van der Waals surface area contributed by atoms with Crippen LogP contribution in [0.4, 0.5) is 4.39 Å². The highest BCUT2D eigenvalue weighted by Crippen LogP contribution is 2.29. The van der Waals surface area contributed by atoms with E-state index in [-0.39, 0.29) is 12.6 Å². The molecule has 138 valence electrons. The highest BCUT2D eigenvalue weighted by atomic mass is 19.1. The highest BCUT2D eigenvalue weighted by molar-refractivity contribution is 5.79. The van der Waals surface area contributed by atoms with Gasteiger partial charge in [-0.05, 0) is 42.9 Å². The minimum absolute atomic E-state index is 0.216. The number of ether oxygens (including phenoxy) is 3. The maximum Gasteiger partial charge on any atom is 0.190 e. The molecule has 2 aliphatic heterocycles. The summed E-state index contributed by atoms with van der Waals surface area (Å²) in [5.41, 5.74) is 1.62. The first-order valence-electron chi connectivity index (χ1n) is 8.80. The van der Waals surface area contributed by atoms with Crippen molar-refractivity contribution in [1.29, 1.82) is 0 Å². The lowest BCUT2D eigenvalue weighted by Crippen LogP contribution is -2.41. The second-order valence-corrected chi connectivity index (χ2v) is 6.35. The van der Waals surface area contributed by atoms with Crippen molar-refractivity contribution in [3.63, 3.8) is 0 Å². The van der Waals surface area contributed by atoms with Crippen LogP contribution in [0.25, 0.3) is 0 Å². The van der Waals surface area contributed by atoms with Gasteiger partial charge in [0, 0.05) is 38.9 Å². The zero-order valence-corrected chi connectivity index (χ0v) is 14.6. The van der Waals surface area contributed by atoms with E-state index in [4.69, 9.17) is 14.2 Å². The first kappa shape index (κ1) is 17.9. The zero-order chi connectivity index (χ0) is 17.5. The second kappa shape index (κ2) is 9.01. The van der Waals surface area contributed by atoms with Gasteiger partial charge in [0.2, 0.25) is 0 Å². The molecule has 2 N–H and O–H groups in total. The van der Waals surface area contributed by atoms with Crippen LogP contribution in [0, 0.1) is 11.7 Å². The maximum atomic E-state index is 13.8. The Hall–Kier alpha value is -1.86. The van der Waals surface area contributed by atoms with Crippen molar-refractivity contribution in [3.05, 3.63) is 29.1 Å². The van der Waals surface area contributed by atoms with E-state index in [0.29, 0.717) is 25.5 Å². The molecule has 1 fully saturated rings. The number of hydrogen-bond acceptors (Lipinski definition) is 4. The topological polar surface area (TPSA) is 64.1 Å². The monoisotopic (exact) mass is 351 g/mol. The van der Waals surface area contributed by atoms with Gasteiger partial charge >= 0.3 is 0 Å². The third-order valence-corrected chi connectivity index (χ3v) is 4.56. The van der Waals surface area contributed by atoms with Crippen LogP contribution in [0.2, 0.25) is 0 Å². The van der Waals surface area contributed by atoms with Crippen LogP contribution in [-0.4, -0.2) is 46.1 Å². The van der Waals surface area contributed by atoms with Gasteiger partial charge in [0.1, 0.15) is 11.6 Å². The molecule has 3 rings (SSSR count). The number of fused-ring (bicyclic) bond motifs is 1. The van der Waals surface area contributed by atoms with Crippen LogP contribution in [0.15, 0.2) is 17.1 Å².